The van der Waals surface area contributed by atoms with E-state index < -0.39 is 17.1 Å². The van der Waals surface area contributed by atoms with Gasteiger partial charge in [-0.1, -0.05) is 12.8 Å². The quantitative estimate of drug-likeness (QED) is 0.829. The molecule has 2 rings (SSSR count). The van der Waals surface area contributed by atoms with E-state index >= 15 is 0 Å². The molecule has 0 aromatic rings. The van der Waals surface area contributed by atoms with Crippen LogP contribution in [0, 0.1) is 0 Å². The van der Waals surface area contributed by atoms with Gasteiger partial charge in [0.25, 0.3) is 0 Å². The number of hydrogen-bond donors (Lipinski definition) is 2. The Kier molecular flexibility index (Phi) is 4.46. The number of carbonyl (C=O) groups is 2. The number of carbonyl (C=O) groups excluding carboxylic acids is 1. The van der Waals surface area contributed by atoms with Crippen LogP contribution in [0.3, 0.4) is 0 Å². The summed E-state index contributed by atoms with van der Waals surface area (Å²) in [5, 5.41) is 12.6. The molecule has 0 aromatic heterocycles. The van der Waals surface area contributed by atoms with Crippen molar-refractivity contribution < 1.29 is 19.4 Å². The van der Waals surface area contributed by atoms with Gasteiger partial charge in [-0.15, -0.1) is 0 Å². The third kappa shape index (κ3) is 4.33. The molecule has 1 aliphatic carbocycles. The van der Waals surface area contributed by atoms with Crippen molar-refractivity contribution in [2.45, 2.75) is 70.1 Å². The molecule has 2 N–H and O–H groups in total. The maximum Gasteiger partial charge on any atom is 0.410 e. The Labute approximate surface area is 125 Å². The summed E-state index contributed by atoms with van der Waals surface area (Å²) in [6.45, 7) is 6.29. The minimum Gasteiger partial charge on any atom is -0.481 e. The highest BCUT2D eigenvalue weighted by Gasteiger charge is 2.48. The topological polar surface area (TPSA) is 78.9 Å². The van der Waals surface area contributed by atoms with Crippen molar-refractivity contribution in [3.8, 4) is 0 Å². The minimum absolute atomic E-state index is 0.0444. The lowest BCUT2D eigenvalue weighted by molar-refractivity contribution is -0.141. The Balaban J connectivity index is 1.92. The maximum absolute atomic E-state index is 12.0. The van der Waals surface area contributed by atoms with Crippen molar-refractivity contribution in [2.24, 2.45) is 0 Å². The number of amides is 1. The highest BCUT2D eigenvalue weighted by atomic mass is 16.6. The van der Waals surface area contributed by atoms with Gasteiger partial charge in [0.05, 0.1) is 12.0 Å². The van der Waals surface area contributed by atoms with Crippen molar-refractivity contribution in [1.29, 1.82) is 0 Å². The van der Waals surface area contributed by atoms with Gasteiger partial charge in [0.1, 0.15) is 5.60 Å². The zero-order valence-corrected chi connectivity index (χ0v) is 13.1. The van der Waals surface area contributed by atoms with Gasteiger partial charge in [-0.2, -0.15) is 0 Å². The summed E-state index contributed by atoms with van der Waals surface area (Å²) in [6, 6.07) is 0.380. The van der Waals surface area contributed by atoms with E-state index in [2.05, 4.69) is 5.32 Å². The van der Waals surface area contributed by atoms with Gasteiger partial charge in [-0.25, -0.2) is 4.79 Å². The van der Waals surface area contributed by atoms with E-state index in [4.69, 9.17) is 9.84 Å². The van der Waals surface area contributed by atoms with E-state index in [0.717, 1.165) is 12.8 Å². The zero-order chi connectivity index (χ0) is 15.7. The second kappa shape index (κ2) is 5.83. The maximum atomic E-state index is 12.0. The van der Waals surface area contributed by atoms with Crippen LogP contribution in [0.4, 0.5) is 4.79 Å². The van der Waals surface area contributed by atoms with E-state index in [0.29, 0.717) is 19.1 Å². The fourth-order valence-corrected chi connectivity index (χ4v) is 3.19. The van der Waals surface area contributed by atoms with E-state index in [1.165, 1.54) is 12.8 Å². The predicted octanol–water partition coefficient (Wildman–Crippen LogP) is 1.98. The minimum atomic E-state index is -0.829. The van der Waals surface area contributed by atoms with E-state index in [1.54, 1.807) is 4.90 Å². The molecule has 0 spiro atoms. The average Bonchev–Trinajstić information content (AvgIpc) is 2.74. The molecule has 2 fully saturated rings. The van der Waals surface area contributed by atoms with Gasteiger partial charge >= 0.3 is 12.1 Å². The third-order valence-electron chi connectivity index (χ3n) is 3.99. The molecular formula is C15H26N2O4. The van der Waals surface area contributed by atoms with Crippen molar-refractivity contribution in [1.82, 2.24) is 10.2 Å². The van der Waals surface area contributed by atoms with Crippen LogP contribution in [0.2, 0.25) is 0 Å². The molecule has 0 atom stereocenters. The molecule has 0 bridgehead atoms. The molecule has 21 heavy (non-hydrogen) atoms. The molecule has 0 aromatic carbocycles. The van der Waals surface area contributed by atoms with Gasteiger partial charge in [-0.05, 0) is 33.6 Å². The number of nitrogens with zero attached hydrogens (tertiary/aromatic N) is 1. The SMILES string of the molecule is CC(C)(C)OC(=O)N1CC(CC(=O)O)(NC2CCCC2)C1. The summed E-state index contributed by atoms with van der Waals surface area (Å²) < 4.78 is 5.32. The summed E-state index contributed by atoms with van der Waals surface area (Å²) in [6.07, 6.45) is 4.24. The highest BCUT2D eigenvalue weighted by Crippen LogP contribution is 2.30. The number of hydrogen-bond acceptors (Lipinski definition) is 4. The van der Waals surface area contributed by atoms with Crippen molar-refractivity contribution >= 4 is 12.1 Å². The smallest absolute Gasteiger partial charge is 0.410 e. The van der Waals surface area contributed by atoms with Gasteiger partial charge in [-0.3, -0.25) is 4.79 Å². The molecule has 6 nitrogen and oxygen atoms in total. The lowest BCUT2D eigenvalue weighted by Crippen LogP contribution is -2.72. The van der Waals surface area contributed by atoms with Crippen molar-refractivity contribution in [2.75, 3.05) is 13.1 Å². The Morgan fingerprint density at radius 3 is 2.33 bits per heavy atom. The molecule has 0 unspecified atom stereocenters. The van der Waals surface area contributed by atoms with E-state index in [9.17, 15) is 9.59 Å². The van der Waals surface area contributed by atoms with Crippen LogP contribution in [0.25, 0.3) is 0 Å². The molecule has 6 heteroatoms. The number of nitrogens with one attached hydrogen (secondary N) is 1. The number of likely N-dealkylation sites (tertiary alicyclic amines) is 1. The first-order valence-electron chi connectivity index (χ1n) is 7.67. The Bertz CT molecular complexity index is 404. The molecule has 1 amide bonds. The average molecular weight is 298 g/mol. The molecule has 2 aliphatic rings. The largest absolute Gasteiger partial charge is 0.481 e. The summed E-state index contributed by atoms with van der Waals surface area (Å²) >= 11 is 0. The van der Waals surface area contributed by atoms with Crippen LogP contribution >= 0.6 is 0 Å². The van der Waals surface area contributed by atoms with Crippen LogP contribution in [-0.4, -0.2) is 52.3 Å². The molecule has 1 saturated carbocycles. The van der Waals surface area contributed by atoms with Crippen molar-refractivity contribution in [3.05, 3.63) is 0 Å². The number of ether oxygens (including phenoxy) is 1. The van der Waals surface area contributed by atoms with Gasteiger partial charge in [0.15, 0.2) is 0 Å². The molecule has 1 saturated heterocycles. The Morgan fingerprint density at radius 1 is 1.29 bits per heavy atom. The lowest BCUT2D eigenvalue weighted by Gasteiger charge is -2.51. The second-order valence-corrected chi connectivity index (χ2v) is 7.31. The molecule has 1 heterocycles. The summed E-state index contributed by atoms with van der Waals surface area (Å²) in [4.78, 5) is 24.7. The summed E-state index contributed by atoms with van der Waals surface area (Å²) in [5.74, 6) is -0.829. The Morgan fingerprint density at radius 2 is 1.86 bits per heavy atom. The first-order valence-corrected chi connectivity index (χ1v) is 7.67. The van der Waals surface area contributed by atoms with E-state index in [-0.39, 0.29) is 12.5 Å². The van der Waals surface area contributed by atoms with Crippen LogP contribution in [-0.2, 0) is 9.53 Å². The fourth-order valence-electron chi connectivity index (χ4n) is 3.19. The van der Waals surface area contributed by atoms with Crippen LogP contribution in [0.5, 0.6) is 0 Å². The molecule has 0 radical (unpaired) electrons. The highest BCUT2D eigenvalue weighted by molar-refractivity contribution is 5.73. The van der Waals surface area contributed by atoms with Crippen LogP contribution in [0.1, 0.15) is 52.9 Å². The summed E-state index contributed by atoms with van der Waals surface area (Å²) in [5.41, 5.74) is -1.02. The monoisotopic (exact) mass is 298 g/mol. The summed E-state index contributed by atoms with van der Waals surface area (Å²) in [7, 11) is 0. The number of rotatable bonds is 4. The predicted molar refractivity (Wildman–Crippen MR) is 78.2 cm³/mol. The van der Waals surface area contributed by atoms with E-state index in [1.807, 2.05) is 20.8 Å². The zero-order valence-electron chi connectivity index (χ0n) is 13.1. The number of carboxylic acid groups (broad SMARTS) is 1. The fraction of sp³-hybridized carbons (Fsp3) is 0.867. The Hall–Kier alpha value is -1.30. The van der Waals surface area contributed by atoms with Crippen molar-refractivity contribution in [3.63, 3.8) is 0 Å². The molecule has 1 aliphatic heterocycles. The first-order chi connectivity index (χ1) is 9.69. The first kappa shape index (κ1) is 16.1. The lowest BCUT2D eigenvalue weighted by atomic mass is 9.85. The normalized spacial score (nSPS) is 22.0. The van der Waals surface area contributed by atoms with Gasteiger partial charge < -0.3 is 20.1 Å². The third-order valence-corrected chi connectivity index (χ3v) is 3.99. The number of aliphatic carboxylic acids is 1. The molecular weight excluding hydrogens is 272 g/mol. The standard InChI is InChI=1S/C15H26N2O4/c1-14(2,3)21-13(20)17-9-15(10-17,8-12(18)19)16-11-6-4-5-7-11/h11,16H,4-10H2,1-3H3,(H,18,19). The number of carboxylic acids is 1. The van der Waals surface area contributed by atoms with Gasteiger partial charge in [0, 0.05) is 19.1 Å². The molecule has 120 valence electrons. The second-order valence-electron chi connectivity index (χ2n) is 7.31. The van der Waals surface area contributed by atoms with Crippen LogP contribution in [0.15, 0.2) is 0 Å². The van der Waals surface area contributed by atoms with Crippen LogP contribution < -0.4 is 5.32 Å². The van der Waals surface area contributed by atoms with Gasteiger partial charge in [0.2, 0.25) is 0 Å².